The van der Waals surface area contributed by atoms with Crippen LogP contribution in [-0.2, 0) is 6.54 Å². The summed E-state index contributed by atoms with van der Waals surface area (Å²) in [6.07, 6.45) is 2.84. The fourth-order valence-corrected chi connectivity index (χ4v) is 2.53. The second-order valence-corrected chi connectivity index (χ2v) is 5.71. The molecule has 3 heteroatoms. The molecule has 0 atom stereocenters. The largest absolute Gasteiger partial charge is 0.492 e. The Bertz CT molecular complexity index is 427. The van der Waals surface area contributed by atoms with Crippen LogP contribution in [-0.4, -0.2) is 38.7 Å². The standard InChI is InChI=1S/C15H22N2O/c1-16(2)14-5-6-15-13(9-14)11-17(7-8-18-15)10-12-3-4-12/h5-6,9,12H,3-4,7-8,10-11H2,1-2H3. The number of ether oxygens (including phenoxy) is 1. The fraction of sp³-hybridized carbons (Fsp3) is 0.600. The quantitative estimate of drug-likeness (QED) is 0.814. The zero-order valence-electron chi connectivity index (χ0n) is 11.4. The molecule has 0 saturated heterocycles. The third-order valence-corrected chi connectivity index (χ3v) is 3.83. The van der Waals surface area contributed by atoms with Gasteiger partial charge in [-0.25, -0.2) is 0 Å². The SMILES string of the molecule is CN(C)c1ccc2c(c1)CN(CC1CC1)CCO2. The van der Waals surface area contributed by atoms with Gasteiger partial charge >= 0.3 is 0 Å². The number of hydrogen-bond acceptors (Lipinski definition) is 3. The number of benzene rings is 1. The van der Waals surface area contributed by atoms with Crippen LogP contribution < -0.4 is 9.64 Å². The van der Waals surface area contributed by atoms with E-state index in [1.165, 1.54) is 30.6 Å². The molecule has 3 rings (SSSR count). The normalized spacial score (nSPS) is 19.9. The van der Waals surface area contributed by atoms with Crippen molar-refractivity contribution in [2.45, 2.75) is 19.4 Å². The summed E-state index contributed by atoms with van der Waals surface area (Å²) in [5.41, 5.74) is 2.59. The molecule has 1 aliphatic heterocycles. The highest BCUT2D eigenvalue weighted by molar-refractivity contribution is 5.52. The lowest BCUT2D eigenvalue weighted by molar-refractivity contribution is 0.219. The Hall–Kier alpha value is -1.22. The van der Waals surface area contributed by atoms with Crippen molar-refractivity contribution >= 4 is 5.69 Å². The van der Waals surface area contributed by atoms with Crippen molar-refractivity contribution in [3.05, 3.63) is 23.8 Å². The van der Waals surface area contributed by atoms with E-state index in [0.717, 1.165) is 31.4 Å². The zero-order valence-corrected chi connectivity index (χ0v) is 11.4. The van der Waals surface area contributed by atoms with Crippen LogP contribution in [0.3, 0.4) is 0 Å². The molecule has 2 aliphatic rings. The summed E-state index contributed by atoms with van der Waals surface area (Å²) in [5, 5.41) is 0. The van der Waals surface area contributed by atoms with E-state index in [4.69, 9.17) is 4.74 Å². The average Bonchev–Trinajstić information content (AvgIpc) is 3.15. The van der Waals surface area contributed by atoms with Crippen LogP contribution in [0.25, 0.3) is 0 Å². The summed E-state index contributed by atoms with van der Waals surface area (Å²) in [5.74, 6) is 2.02. The van der Waals surface area contributed by atoms with E-state index >= 15 is 0 Å². The number of hydrogen-bond donors (Lipinski definition) is 0. The first-order chi connectivity index (χ1) is 8.72. The van der Waals surface area contributed by atoms with E-state index in [1.54, 1.807) is 0 Å². The van der Waals surface area contributed by atoms with Gasteiger partial charge in [-0.05, 0) is 37.0 Å². The summed E-state index contributed by atoms with van der Waals surface area (Å²) in [7, 11) is 4.17. The Morgan fingerprint density at radius 2 is 2.17 bits per heavy atom. The number of rotatable bonds is 3. The first-order valence-electron chi connectivity index (χ1n) is 6.88. The maximum Gasteiger partial charge on any atom is 0.124 e. The minimum atomic E-state index is 0.820. The van der Waals surface area contributed by atoms with Crippen LogP contribution in [0.1, 0.15) is 18.4 Å². The number of nitrogens with zero attached hydrogens (tertiary/aromatic N) is 2. The Morgan fingerprint density at radius 1 is 1.33 bits per heavy atom. The molecule has 1 aromatic carbocycles. The van der Waals surface area contributed by atoms with Crippen molar-refractivity contribution in [3.8, 4) is 5.75 Å². The van der Waals surface area contributed by atoms with Gasteiger partial charge in [0, 0.05) is 45.0 Å². The Morgan fingerprint density at radius 3 is 2.89 bits per heavy atom. The van der Waals surface area contributed by atoms with Gasteiger partial charge in [-0.2, -0.15) is 0 Å². The smallest absolute Gasteiger partial charge is 0.124 e. The van der Waals surface area contributed by atoms with Crippen LogP contribution in [0.4, 0.5) is 5.69 Å². The highest BCUT2D eigenvalue weighted by Crippen LogP contribution is 2.32. The lowest BCUT2D eigenvalue weighted by atomic mass is 10.1. The average molecular weight is 246 g/mol. The summed E-state index contributed by atoms with van der Waals surface area (Å²) in [4.78, 5) is 4.69. The predicted octanol–water partition coefficient (Wildman–Crippen LogP) is 2.36. The van der Waals surface area contributed by atoms with Crippen LogP contribution in [0.5, 0.6) is 5.75 Å². The van der Waals surface area contributed by atoms with E-state index in [9.17, 15) is 0 Å². The third-order valence-electron chi connectivity index (χ3n) is 3.83. The first-order valence-corrected chi connectivity index (χ1v) is 6.88. The molecule has 1 fully saturated rings. The molecule has 0 bridgehead atoms. The zero-order chi connectivity index (χ0) is 12.5. The molecule has 0 amide bonds. The molecule has 3 nitrogen and oxygen atoms in total. The van der Waals surface area contributed by atoms with E-state index in [-0.39, 0.29) is 0 Å². The summed E-state index contributed by atoms with van der Waals surface area (Å²) in [6, 6.07) is 6.52. The van der Waals surface area contributed by atoms with Crippen molar-refractivity contribution in [2.24, 2.45) is 5.92 Å². The monoisotopic (exact) mass is 246 g/mol. The second-order valence-electron chi connectivity index (χ2n) is 5.71. The van der Waals surface area contributed by atoms with Gasteiger partial charge in [0.1, 0.15) is 12.4 Å². The molecular weight excluding hydrogens is 224 g/mol. The van der Waals surface area contributed by atoms with Crippen molar-refractivity contribution < 1.29 is 4.74 Å². The second kappa shape index (κ2) is 4.81. The van der Waals surface area contributed by atoms with Gasteiger partial charge in [0.25, 0.3) is 0 Å². The van der Waals surface area contributed by atoms with Gasteiger partial charge in [-0.15, -0.1) is 0 Å². The molecule has 0 radical (unpaired) electrons. The molecule has 1 aliphatic carbocycles. The van der Waals surface area contributed by atoms with Crippen molar-refractivity contribution in [1.29, 1.82) is 0 Å². The molecule has 0 N–H and O–H groups in total. The van der Waals surface area contributed by atoms with Gasteiger partial charge in [-0.1, -0.05) is 0 Å². The van der Waals surface area contributed by atoms with Crippen LogP contribution in [0, 0.1) is 5.92 Å². The van der Waals surface area contributed by atoms with E-state index in [1.807, 2.05) is 0 Å². The Labute approximate surface area is 109 Å². The molecule has 18 heavy (non-hydrogen) atoms. The topological polar surface area (TPSA) is 15.7 Å². The van der Waals surface area contributed by atoms with Gasteiger partial charge in [0.15, 0.2) is 0 Å². The number of fused-ring (bicyclic) bond motifs is 1. The van der Waals surface area contributed by atoms with Gasteiger partial charge in [0.2, 0.25) is 0 Å². The Kier molecular flexibility index (Phi) is 3.16. The maximum atomic E-state index is 5.86. The molecule has 0 unspecified atom stereocenters. The highest BCUT2D eigenvalue weighted by Gasteiger charge is 2.25. The van der Waals surface area contributed by atoms with Crippen LogP contribution >= 0.6 is 0 Å². The molecule has 1 aromatic rings. The minimum absolute atomic E-state index is 0.820. The molecule has 1 saturated carbocycles. The molecule has 0 spiro atoms. The molecule has 1 heterocycles. The maximum absolute atomic E-state index is 5.86. The lowest BCUT2D eigenvalue weighted by Crippen LogP contribution is -2.27. The molecule has 0 aromatic heterocycles. The van der Waals surface area contributed by atoms with Crippen molar-refractivity contribution in [2.75, 3.05) is 38.7 Å². The van der Waals surface area contributed by atoms with Crippen molar-refractivity contribution in [3.63, 3.8) is 0 Å². The molecular formula is C15H22N2O. The fourth-order valence-electron chi connectivity index (χ4n) is 2.53. The first kappa shape index (κ1) is 11.8. The van der Waals surface area contributed by atoms with Gasteiger partial charge < -0.3 is 9.64 Å². The van der Waals surface area contributed by atoms with Crippen LogP contribution in [0.15, 0.2) is 18.2 Å². The van der Waals surface area contributed by atoms with Gasteiger partial charge in [0.05, 0.1) is 0 Å². The Balaban J connectivity index is 1.79. The predicted molar refractivity (Wildman–Crippen MR) is 74.3 cm³/mol. The molecule has 98 valence electrons. The summed E-state index contributed by atoms with van der Waals surface area (Å²) < 4.78 is 5.86. The van der Waals surface area contributed by atoms with E-state index in [2.05, 4.69) is 42.1 Å². The van der Waals surface area contributed by atoms with E-state index < -0.39 is 0 Å². The lowest BCUT2D eigenvalue weighted by Gasteiger charge is -2.20. The number of anilines is 1. The minimum Gasteiger partial charge on any atom is -0.492 e. The van der Waals surface area contributed by atoms with Gasteiger partial charge in [-0.3, -0.25) is 4.90 Å². The summed E-state index contributed by atoms with van der Waals surface area (Å²) >= 11 is 0. The third kappa shape index (κ3) is 2.61. The van der Waals surface area contributed by atoms with Crippen molar-refractivity contribution in [1.82, 2.24) is 4.90 Å². The van der Waals surface area contributed by atoms with E-state index in [0.29, 0.717) is 0 Å². The van der Waals surface area contributed by atoms with Crippen LogP contribution in [0.2, 0.25) is 0 Å². The highest BCUT2D eigenvalue weighted by atomic mass is 16.5. The summed E-state index contributed by atoms with van der Waals surface area (Å²) in [6.45, 7) is 4.16.